The Hall–Kier alpha value is -0.980. The molecule has 0 bridgehead atoms. The van der Waals surface area contributed by atoms with Crippen molar-refractivity contribution in [2.24, 2.45) is 5.73 Å². The molecule has 4 nitrogen and oxygen atoms in total. The minimum Gasteiger partial charge on any atom is -0.330 e. The van der Waals surface area contributed by atoms with Crippen LogP contribution in [0.4, 0.5) is 4.39 Å². The smallest absolute Gasteiger partial charge is 0.240 e. The van der Waals surface area contributed by atoms with Crippen LogP contribution < -0.4 is 10.5 Å². The van der Waals surface area contributed by atoms with Crippen LogP contribution in [-0.2, 0) is 10.0 Å². The highest BCUT2D eigenvalue weighted by molar-refractivity contribution is 7.89. The maximum atomic E-state index is 12.9. The topological polar surface area (TPSA) is 72.2 Å². The molecule has 0 heterocycles. The number of nitrogens with one attached hydrogen (secondary N) is 1. The lowest BCUT2D eigenvalue weighted by molar-refractivity contribution is 0.575. The second-order valence-corrected chi connectivity index (χ2v) is 5.54. The zero-order chi connectivity index (χ0) is 12.9. The molecule has 0 amide bonds. The zero-order valence-electron chi connectivity index (χ0n) is 9.74. The Bertz CT molecular complexity index is 474. The van der Waals surface area contributed by atoms with Gasteiger partial charge in [0.1, 0.15) is 5.82 Å². The van der Waals surface area contributed by atoms with E-state index in [9.17, 15) is 12.8 Å². The molecule has 0 radical (unpaired) electrons. The molecule has 1 aromatic carbocycles. The Balaban J connectivity index is 2.76. The lowest BCUT2D eigenvalue weighted by atomic mass is 10.2. The summed E-state index contributed by atoms with van der Waals surface area (Å²) in [5, 5.41) is 0. The fourth-order valence-corrected chi connectivity index (χ4v) is 2.77. The van der Waals surface area contributed by atoms with E-state index in [0.717, 1.165) is 12.5 Å². The van der Waals surface area contributed by atoms with Crippen LogP contribution in [0.5, 0.6) is 0 Å². The normalized spacial score (nSPS) is 11.7. The fourth-order valence-electron chi connectivity index (χ4n) is 1.47. The van der Waals surface area contributed by atoms with E-state index in [1.165, 1.54) is 12.1 Å². The number of aryl methyl sites for hydroxylation is 1. The van der Waals surface area contributed by atoms with Crippen molar-refractivity contribution in [3.8, 4) is 0 Å². The number of unbranched alkanes of at least 4 members (excludes halogenated alkanes) is 1. The number of rotatable bonds is 6. The molecule has 0 aliphatic carbocycles. The van der Waals surface area contributed by atoms with Crippen LogP contribution in [-0.4, -0.2) is 21.5 Å². The van der Waals surface area contributed by atoms with Crippen molar-refractivity contribution in [2.75, 3.05) is 13.1 Å². The molecule has 0 aliphatic heterocycles. The van der Waals surface area contributed by atoms with Gasteiger partial charge in [-0.2, -0.15) is 0 Å². The lowest BCUT2D eigenvalue weighted by Crippen LogP contribution is -2.25. The first kappa shape index (κ1) is 14.1. The fraction of sp³-hybridized carbons (Fsp3) is 0.455. The summed E-state index contributed by atoms with van der Waals surface area (Å²) in [6.07, 6.45) is 1.46. The molecule has 96 valence electrons. The van der Waals surface area contributed by atoms with E-state index in [0.29, 0.717) is 25.1 Å². The monoisotopic (exact) mass is 260 g/mol. The van der Waals surface area contributed by atoms with Gasteiger partial charge in [-0.15, -0.1) is 0 Å². The van der Waals surface area contributed by atoms with E-state index < -0.39 is 15.8 Å². The van der Waals surface area contributed by atoms with E-state index in [1.54, 1.807) is 6.92 Å². The summed E-state index contributed by atoms with van der Waals surface area (Å²) in [5.41, 5.74) is 5.71. The summed E-state index contributed by atoms with van der Waals surface area (Å²) in [6, 6.07) is 3.62. The summed E-state index contributed by atoms with van der Waals surface area (Å²) in [6.45, 7) is 2.45. The summed E-state index contributed by atoms with van der Waals surface area (Å²) in [7, 11) is -3.55. The lowest BCUT2D eigenvalue weighted by Gasteiger charge is -2.08. The number of benzene rings is 1. The Morgan fingerprint density at radius 2 is 2.06 bits per heavy atom. The largest absolute Gasteiger partial charge is 0.330 e. The van der Waals surface area contributed by atoms with Crippen molar-refractivity contribution >= 4 is 10.0 Å². The highest BCUT2D eigenvalue weighted by Gasteiger charge is 2.16. The molecule has 0 aliphatic rings. The highest BCUT2D eigenvalue weighted by Crippen LogP contribution is 2.15. The van der Waals surface area contributed by atoms with Crippen molar-refractivity contribution in [1.29, 1.82) is 0 Å². The van der Waals surface area contributed by atoms with Crippen LogP contribution in [0.1, 0.15) is 18.4 Å². The standard InChI is InChI=1S/C11H17FN2O2S/c1-9-8-10(12)4-5-11(9)17(15,16)14-7-3-2-6-13/h4-5,8,14H,2-3,6-7,13H2,1H3. The van der Waals surface area contributed by atoms with Gasteiger partial charge in [-0.3, -0.25) is 0 Å². The van der Waals surface area contributed by atoms with Crippen LogP contribution in [0, 0.1) is 12.7 Å². The average Bonchev–Trinajstić information content (AvgIpc) is 2.24. The van der Waals surface area contributed by atoms with Gasteiger partial charge >= 0.3 is 0 Å². The number of nitrogens with two attached hydrogens (primary N) is 1. The molecular weight excluding hydrogens is 243 g/mol. The van der Waals surface area contributed by atoms with Gasteiger partial charge in [0.2, 0.25) is 10.0 Å². The summed E-state index contributed by atoms with van der Waals surface area (Å²) in [5.74, 6) is -0.440. The van der Waals surface area contributed by atoms with Crippen molar-refractivity contribution in [3.05, 3.63) is 29.6 Å². The Morgan fingerprint density at radius 3 is 2.65 bits per heavy atom. The van der Waals surface area contributed by atoms with Gasteiger partial charge in [0.25, 0.3) is 0 Å². The van der Waals surface area contributed by atoms with E-state index in [4.69, 9.17) is 5.73 Å². The van der Waals surface area contributed by atoms with Gasteiger partial charge in [0.05, 0.1) is 4.90 Å². The average molecular weight is 260 g/mol. The first-order chi connectivity index (χ1) is 7.97. The van der Waals surface area contributed by atoms with Crippen LogP contribution in [0.3, 0.4) is 0 Å². The molecule has 17 heavy (non-hydrogen) atoms. The van der Waals surface area contributed by atoms with Crippen molar-refractivity contribution in [2.45, 2.75) is 24.7 Å². The van der Waals surface area contributed by atoms with Gasteiger partial charge in [-0.25, -0.2) is 17.5 Å². The summed E-state index contributed by atoms with van der Waals surface area (Å²) < 4.78 is 39.0. The maximum Gasteiger partial charge on any atom is 0.240 e. The Kier molecular flexibility index (Phi) is 5.04. The zero-order valence-corrected chi connectivity index (χ0v) is 10.6. The van der Waals surface area contributed by atoms with Gasteiger partial charge in [0, 0.05) is 6.54 Å². The van der Waals surface area contributed by atoms with Crippen molar-refractivity contribution < 1.29 is 12.8 Å². The number of halogens is 1. The number of hydrogen-bond acceptors (Lipinski definition) is 3. The molecule has 0 atom stereocenters. The molecule has 0 saturated carbocycles. The maximum absolute atomic E-state index is 12.9. The van der Waals surface area contributed by atoms with E-state index >= 15 is 0 Å². The van der Waals surface area contributed by atoms with Crippen LogP contribution in [0.15, 0.2) is 23.1 Å². The van der Waals surface area contributed by atoms with E-state index in [2.05, 4.69) is 4.72 Å². The highest BCUT2D eigenvalue weighted by atomic mass is 32.2. The molecule has 1 rings (SSSR count). The Morgan fingerprint density at radius 1 is 1.35 bits per heavy atom. The molecule has 0 unspecified atom stereocenters. The molecule has 1 aromatic rings. The first-order valence-electron chi connectivity index (χ1n) is 5.43. The molecule has 0 saturated heterocycles. The van der Waals surface area contributed by atoms with E-state index in [1.807, 2.05) is 0 Å². The predicted molar refractivity (Wildman–Crippen MR) is 64.6 cm³/mol. The van der Waals surface area contributed by atoms with Crippen molar-refractivity contribution in [3.63, 3.8) is 0 Å². The first-order valence-corrected chi connectivity index (χ1v) is 6.91. The Labute approximate surface area is 101 Å². The molecule has 0 spiro atoms. The van der Waals surface area contributed by atoms with Gasteiger partial charge in [-0.1, -0.05) is 0 Å². The third kappa shape index (κ3) is 4.07. The molecule has 3 N–H and O–H groups in total. The molecule has 0 fully saturated rings. The molecular formula is C11H17FN2O2S. The van der Waals surface area contributed by atoms with Gasteiger partial charge in [0.15, 0.2) is 0 Å². The molecule has 0 aromatic heterocycles. The van der Waals surface area contributed by atoms with Crippen LogP contribution in [0.2, 0.25) is 0 Å². The van der Waals surface area contributed by atoms with E-state index in [-0.39, 0.29) is 4.90 Å². The second-order valence-electron chi connectivity index (χ2n) is 3.80. The third-order valence-corrected chi connectivity index (χ3v) is 3.97. The van der Waals surface area contributed by atoms with Crippen LogP contribution in [0.25, 0.3) is 0 Å². The predicted octanol–water partition coefficient (Wildman–Crippen LogP) is 1.15. The number of hydrogen-bond donors (Lipinski definition) is 2. The molecule has 6 heteroatoms. The van der Waals surface area contributed by atoms with Gasteiger partial charge < -0.3 is 5.73 Å². The van der Waals surface area contributed by atoms with Gasteiger partial charge in [-0.05, 0) is 50.1 Å². The van der Waals surface area contributed by atoms with Crippen molar-refractivity contribution in [1.82, 2.24) is 4.72 Å². The SMILES string of the molecule is Cc1cc(F)ccc1S(=O)(=O)NCCCCN. The quantitative estimate of drug-likeness (QED) is 0.754. The third-order valence-electron chi connectivity index (χ3n) is 2.35. The summed E-state index contributed by atoms with van der Waals surface area (Å²) in [4.78, 5) is 0.117. The minimum atomic E-state index is -3.55. The number of sulfonamides is 1. The minimum absolute atomic E-state index is 0.117. The summed E-state index contributed by atoms with van der Waals surface area (Å²) >= 11 is 0. The van der Waals surface area contributed by atoms with Crippen LogP contribution >= 0.6 is 0 Å². The second kappa shape index (κ2) is 6.09.